The van der Waals surface area contributed by atoms with Crippen LogP contribution >= 0.6 is 15.9 Å². The maximum absolute atomic E-state index is 11.5. The van der Waals surface area contributed by atoms with Gasteiger partial charge < -0.3 is 24.3 Å². The molecule has 5 nitrogen and oxygen atoms in total. The fourth-order valence-corrected chi connectivity index (χ4v) is 5.35. The Morgan fingerprint density at radius 1 is 0.769 bits per heavy atom. The molecule has 4 rings (SSSR count). The molecule has 1 fully saturated rings. The van der Waals surface area contributed by atoms with Crippen molar-refractivity contribution in [3.8, 4) is 16.9 Å². The van der Waals surface area contributed by atoms with Gasteiger partial charge in [-0.3, -0.25) is 0 Å². The average molecular weight is 595 g/mol. The largest absolute Gasteiger partial charge is 0.495 e. The van der Waals surface area contributed by atoms with Gasteiger partial charge in [0.05, 0.1) is 17.8 Å². The highest BCUT2D eigenvalue weighted by Crippen LogP contribution is 2.39. The van der Waals surface area contributed by atoms with E-state index in [-0.39, 0.29) is 0 Å². The van der Waals surface area contributed by atoms with Gasteiger partial charge in [0.15, 0.2) is 0 Å². The third kappa shape index (κ3) is 5.84. The zero-order valence-corrected chi connectivity index (χ0v) is 25.6. The highest BCUT2D eigenvalue weighted by atomic mass is 79.9. The van der Waals surface area contributed by atoms with Gasteiger partial charge in [0.25, 0.3) is 0 Å². The van der Waals surface area contributed by atoms with E-state index >= 15 is 0 Å². The number of alkyl halides is 1. The first-order valence-electron chi connectivity index (χ1n) is 13.6. The second-order valence-electron chi connectivity index (χ2n) is 11.4. The Bertz CT molecular complexity index is 1310. The Morgan fingerprint density at radius 2 is 1.28 bits per heavy atom. The lowest BCUT2D eigenvalue weighted by Crippen LogP contribution is -2.41. The molecule has 3 aromatic rings. The molecule has 3 aromatic carbocycles. The predicted molar refractivity (Wildman–Crippen MR) is 162 cm³/mol. The van der Waals surface area contributed by atoms with Gasteiger partial charge in [-0.15, -0.1) is 0 Å². The summed E-state index contributed by atoms with van der Waals surface area (Å²) in [5, 5.41) is 23.8. The van der Waals surface area contributed by atoms with Crippen molar-refractivity contribution in [2.75, 3.05) is 11.9 Å². The smallest absolute Gasteiger partial charge is 0.493 e. The molecule has 7 heteroatoms. The summed E-state index contributed by atoms with van der Waals surface area (Å²) in [5.74, 6) is 0.856. The summed E-state index contributed by atoms with van der Waals surface area (Å²) in [6.07, 6.45) is -1.31. The number of halogens is 1. The van der Waals surface area contributed by atoms with Crippen LogP contribution in [-0.2, 0) is 9.31 Å². The van der Waals surface area contributed by atoms with Crippen molar-refractivity contribution in [2.24, 2.45) is 0 Å². The number of benzene rings is 3. The van der Waals surface area contributed by atoms with E-state index < -0.39 is 30.5 Å². The highest BCUT2D eigenvalue weighted by molar-refractivity contribution is 9.09. The number of hydrogen-bond acceptors (Lipinski definition) is 5. The first-order valence-corrected chi connectivity index (χ1v) is 14.7. The van der Waals surface area contributed by atoms with Gasteiger partial charge >= 0.3 is 7.12 Å². The molecule has 2 atom stereocenters. The quantitative estimate of drug-likeness (QED) is 0.168. The SMILES string of the molecule is Cc1c(OCCCBr)cccc1-c1cccc(C(O)C(O)c2cccc(B3OC(C)(C)C(C)(C)O3)c2C)c1C. The molecule has 0 radical (unpaired) electrons. The summed E-state index contributed by atoms with van der Waals surface area (Å²) in [6, 6.07) is 17.6. The third-order valence-electron chi connectivity index (χ3n) is 8.35. The van der Waals surface area contributed by atoms with Crippen molar-refractivity contribution in [1.82, 2.24) is 0 Å². The molecule has 2 N–H and O–H groups in total. The van der Waals surface area contributed by atoms with Gasteiger partial charge in [-0.25, -0.2) is 0 Å². The van der Waals surface area contributed by atoms with Gasteiger partial charge in [0.2, 0.25) is 0 Å². The summed E-state index contributed by atoms with van der Waals surface area (Å²) in [4.78, 5) is 0. The molecular weight excluding hydrogens is 555 g/mol. The monoisotopic (exact) mass is 594 g/mol. The van der Waals surface area contributed by atoms with Crippen molar-refractivity contribution in [3.05, 3.63) is 82.4 Å². The fourth-order valence-electron chi connectivity index (χ4n) is 5.12. The minimum Gasteiger partial charge on any atom is -0.493 e. The minimum absolute atomic E-state index is 0.468. The zero-order chi connectivity index (χ0) is 28.5. The molecule has 1 aliphatic rings. The lowest BCUT2D eigenvalue weighted by atomic mass is 9.74. The summed E-state index contributed by atoms with van der Waals surface area (Å²) >= 11 is 3.45. The Balaban J connectivity index is 1.64. The van der Waals surface area contributed by atoms with Crippen molar-refractivity contribution >= 4 is 28.5 Å². The Labute approximate surface area is 241 Å². The lowest BCUT2D eigenvalue weighted by Gasteiger charge is -2.32. The zero-order valence-electron chi connectivity index (χ0n) is 24.0. The molecule has 1 heterocycles. The third-order valence-corrected chi connectivity index (χ3v) is 8.91. The van der Waals surface area contributed by atoms with Crippen molar-refractivity contribution in [3.63, 3.8) is 0 Å². The van der Waals surface area contributed by atoms with Crippen LogP contribution in [-0.4, -0.2) is 40.5 Å². The molecule has 39 heavy (non-hydrogen) atoms. The van der Waals surface area contributed by atoms with Crippen LogP contribution in [0.3, 0.4) is 0 Å². The molecule has 0 saturated carbocycles. The van der Waals surface area contributed by atoms with Crippen LogP contribution in [0.1, 0.15) is 74.1 Å². The molecule has 0 spiro atoms. The molecule has 1 saturated heterocycles. The number of aliphatic hydroxyl groups is 2. The van der Waals surface area contributed by atoms with E-state index in [4.69, 9.17) is 14.0 Å². The standard InChI is InChI=1S/C32H40BBrO5/c1-20-23(24-13-10-17-28(22(24)3)37-19-11-18-34)12-8-14-25(20)29(35)30(36)26-15-9-16-27(21(26)2)33-38-31(4,5)32(6,7)39-33/h8-10,12-17,29-30,35-36H,11,18-19H2,1-7H3. The number of ether oxygens (including phenoxy) is 1. The van der Waals surface area contributed by atoms with E-state index in [1.54, 1.807) is 0 Å². The summed E-state index contributed by atoms with van der Waals surface area (Å²) in [6.45, 7) is 14.7. The molecule has 0 aromatic heterocycles. The van der Waals surface area contributed by atoms with E-state index in [0.717, 1.165) is 50.8 Å². The maximum atomic E-state index is 11.5. The van der Waals surface area contributed by atoms with Crippen molar-refractivity contribution in [2.45, 2.75) is 78.3 Å². The van der Waals surface area contributed by atoms with Crippen molar-refractivity contribution < 1.29 is 24.3 Å². The molecule has 2 unspecified atom stereocenters. The average Bonchev–Trinajstić information content (AvgIpc) is 3.11. The maximum Gasteiger partial charge on any atom is 0.495 e. The van der Waals surface area contributed by atoms with E-state index in [9.17, 15) is 10.2 Å². The minimum atomic E-state index is -1.12. The van der Waals surface area contributed by atoms with Gasteiger partial charge in [-0.1, -0.05) is 64.5 Å². The first-order chi connectivity index (χ1) is 18.4. The summed E-state index contributed by atoms with van der Waals surface area (Å²) in [5.41, 5.74) is 6.13. The van der Waals surface area contributed by atoms with Crippen molar-refractivity contribution in [1.29, 1.82) is 0 Å². The molecular formula is C32H40BBrO5. The number of rotatable bonds is 9. The number of hydrogen-bond donors (Lipinski definition) is 2. The normalized spacial score (nSPS) is 17.7. The van der Waals surface area contributed by atoms with Crippen LogP contribution in [0, 0.1) is 20.8 Å². The van der Waals surface area contributed by atoms with E-state index in [1.165, 1.54) is 0 Å². The summed E-state index contributed by atoms with van der Waals surface area (Å²) < 4.78 is 18.5. The lowest BCUT2D eigenvalue weighted by molar-refractivity contribution is 0.00578. The Hall–Kier alpha value is -2.16. The van der Waals surface area contributed by atoms with E-state index in [2.05, 4.69) is 28.9 Å². The second kappa shape index (κ2) is 11.8. The predicted octanol–water partition coefficient (Wildman–Crippen LogP) is 6.51. The summed E-state index contributed by atoms with van der Waals surface area (Å²) in [7, 11) is -0.545. The topological polar surface area (TPSA) is 68.2 Å². The van der Waals surface area contributed by atoms with E-state index in [0.29, 0.717) is 17.7 Å². The van der Waals surface area contributed by atoms with Crippen LogP contribution < -0.4 is 10.2 Å². The van der Waals surface area contributed by atoms with Gasteiger partial charge in [-0.2, -0.15) is 0 Å². The Morgan fingerprint density at radius 3 is 1.87 bits per heavy atom. The molecule has 0 bridgehead atoms. The molecule has 0 amide bonds. The van der Waals surface area contributed by atoms with Gasteiger partial charge in [0, 0.05) is 5.33 Å². The molecule has 1 aliphatic heterocycles. The van der Waals surface area contributed by atoms with Crippen LogP contribution in [0.15, 0.2) is 54.6 Å². The second-order valence-corrected chi connectivity index (χ2v) is 12.2. The fraction of sp³-hybridized carbons (Fsp3) is 0.438. The van der Waals surface area contributed by atoms with E-state index in [1.807, 2.05) is 90.1 Å². The van der Waals surface area contributed by atoms with Gasteiger partial charge in [0.1, 0.15) is 18.0 Å². The molecule has 0 aliphatic carbocycles. The Kier molecular flexibility index (Phi) is 8.99. The van der Waals surface area contributed by atoms with Crippen LogP contribution in [0.25, 0.3) is 11.1 Å². The van der Waals surface area contributed by atoms with Crippen LogP contribution in [0.5, 0.6) is 5.75 Å². The first kappa shape index (κ1) is 29.8. The van der Waals surface area contributed by atoms with Gasteiger partial charge in [-0.05, 0) is 105 Å². The highest BCUT2D eigenvalue weighted by Gasteiger charge is 2.52. The van der Waals surface area contributed by atoms with Crippen LogP contribution in [0.2, 0.25) is 0 Å². The molecule has 208 valence electrons. The number of aliphatic hydroxyl groups excluding tert-OH is 2. The van der Waals surface area contributed by atoms with Crippen LogP contribution in [0.4, 0.5) is 0 Å².